The third kappa shape index (κ3) is 3.24. The SMILES string of the molecule is CCOC(=O)C(C)(Cc1ccncc1)c1ccc(N)cc1F. The van der Waals surface area contributed by atoms with Gasteiger partial charge < -0.3 is 10.5 Å². The van der Waals surface area contributed by atoms with Gasteiger partial charge in [0.1, 0.15) is 5.82 Å². The summed E-state index contributed by atoms with van der Waals surface area (Å²) in [5, 5.41) is 0. The molecule has 1 aromatic heterocycles. The van der Waals surface area contributed by atoms with E-state index in [0.29, 0.717) is 12.1 Å². The summed E-state index contributed by atoms with van der Waals surface area (Å²) in [6.45, 7) is 3.64. The summed E-state index contributed by atoms with van der Waals surface area (Å²) in [5.41, 5.74) is 5.93. The minimum Gasteiger partial charge on any atom is -0.465 e. The largest absolute Gasteiger partial charge is 0.465 e. The lowest BCUT2D eigenvalue weighted by Gasteiger charge is -2.28. The summed E-state index contributed by atoms with van der Waals surface area (Å²) in [5.74, 6) is -0.972. The number of ether oxygens (including phenoxy) is 1. The zero-order chi connectivity index (χ0) is 16.2. The Balaban J connectivity index is 2.47. The van der Waals surface area contributed by atoms with Gasteiger partial charge in [0.2, 0.25) is 0 Å². The van der Waals surface area contributed by atoms with E-state index < -0.39 is 17.2 Å². The molecule has 0 radical (unpaired) electrons. The number of halogens is 1. The number of rotatable bonds is 5. The number of carbonyl (C=O) groups is 1. The number of nitrogens with two attached hydrogens (primary N) is 1. The van der Waals surface area contributed by atoms with E-state index in [2.05, 4.69) is 4.98 Å². The topological polar surface area (TPSA) is 65.2 Å². The second kappa shape index (κ2) is 6.56. The Labute approximate surface area is 129 Å². The first-order valence-corrected chi connectivity index (χ1v) is 7.09. The van der Waals surface area contributed by atoms with Crippen LogP contribution in [0.1, 0.15) is 25.0 Å². The number of hydrogen-bond acceptors (Lipinski definition) is 4. The van der Waals surface area contributed by atoms with E-state index in [4.69, 9.17) is 10.5 Å². The minimum absolute atomic E-state index is 0.237. The standard InChI is InChI=1S/C17H19FN2O2/c1-3-22-16(21)17(2,11-12-6-8-20-9-7-12)14-5-4-13(19)10-15(14)18/h4-10H,3,11,19H2,1-2H3. The van der Waals surface area contributed by atoms with Gasteiger partial charge in [-0.15, -0.1) is 0 Å². The van der Waals surface area contributed by atoms with E-state index in [9.17, 15) is 9.18 Å². The average Bonchev–Trinajstić information content (AvgIpc) is 2.48. The van der Waals surface area contributed by atoms with Gasteiger partial charge in [-0.1, -0.05) is 6.07 Å². The molecule has 0 aliphatic rings. The van der Waals surface area contributed by atoms with Crippen LogP contribution in [-0.2, 0) is 21.4 Å². The number of benzene rings is 1. The van der Waals surface area contributed by atoms with Crippen LogP contribution >= 0.6 is 0 Å². The Morgan fingerprint density at radius 3 is 2.59 bits per heavy atom. The maximum atomic E-state index is 14.3. The maximum Gasteiger partial charge on any atom is 0.316 e. The van der Waals surface area contributed by atoms with Gasteiger partial charge in [0.15, 0.2) is 0 Å². The molecule has 0 spiro atoms. The minimum atomic E-state index is -1.13. The predicted octanol–water partition coefficient (Wildman–Crippen LogP) is 2.87. The Kier molecular flexibility index (Phi) is 4.75. The van der Waals surface area contributed by atoms with Crippen LogP contribution in [0.5, 0.6) is 0 Å². The highest BCUT2D eigenvalue weighted by atomic mass is 19.1. The third-order valence-corrected chi connectivity index (χ3v) is 3.62. The highest BCUT2D eigenvalue weighted by molar-refractivity contribution is 5.83. The summed E-state index contributed by atoms with van der Waals surface area (Å²) in [4.78, 5) is 16.4. The summed E-state index contributed by atoms with van der Waals surface area (Å²) in [6, 6.07) is 7.95. The Morgan fingerprint density at radius 1 is 1.32 bits per heavy atom. The van der Waals surface area contributed by atoms with E-state index in [1.165, 1.54) is 6.07 Å². The molecule has 2 N–H and O–H groups in total. The molecule has 4 nitrogen and oxygen atoms in total. The molecule has 2 rings (SSSR count). The van der Waals surface area contributed by atoms with Crippen LogP contribution in [0.4, 0.5) is 10.1 Å². The highest BCUT2D eigenvalue weighted by Gasteiger charge is 2.39. The van der Waals surface area contributed by atoms with Gasteiger partial charge in [0, 0.05) is 23.6 Å². The van der Waals surface area contributed by atoms with Gasteiger partial charge in [-0.2, -0.15) is 0 Å². The van der Waals surface area contributed by atoms with Gasteiger partial charge in [0.25, 0.3) is 0 Å². The fourth-order valence-corrected chi connectivity index (χ4v) is 2.46. The quantitative estimate of drug-likeness (QED) is 0.681. The molecular formula is C17H19FN2O2. The molecule has 5 heteroatoms. The molecule has 0 saturated carbocycles. The van der Waals surface area contributed by atoms with Crippen LogP contribution in [0.25, 0.3) is 0 Å². The highest BCUT2D eigenvalue weighted by Crippen LogP contribution is 2.32. The van der Waals surface area contributed by atoms with Crippen molar-refractivity contribution in [2.24, 2.45) is 0 Å². The van der Waals surface area contributed by atoms with Crippen LogP contribution in [0.2, 0.25) is 0 Å². The molecule has 1 heterocycles. The lowest BCUT2D eigenvalue weighted by molar-refractivity contribution is -0.149. The number of carbonyl (C=O) groups excluding carboxylic acids is 1. The Hall–Kier alpha value is -2.43. The van der Waals surface area contributed by atoms with Crippen molar-refractivity contribution >= 4 is 11.7 Å². The van der Waals surface area contributed by atoms with Gasteiger partial charge in [-0.3, -0.25) is 9.78 Å². The van der Waals surface area contributed by atoms with Crippen molar-refractivity contribution in [1.29, 1.82) is 0 Å². The first kappa shape index (κ1) is 15.9. The molecule has 0 fully saturated rings. The van der Waals surface area contributed by atoms with Crippen molar-refractivity contribution in [3.63, 3.8) is 0 Å². The van der Waals surface area contributed by atoms with Crippen LogP contribution in [-0.4, -0.2) is 17.6 Å². The molecule has 1 atom stereocenters. The lowest BCUT2D eigenvalue weighted by atomic mass is 9.77. The number of nitrogen functional groups attached to an aromatic ring is 1. The summed E-state index contributed by atoms with van der Waals surface area (Å²) >= 11 is 0. The van der Waals surface area contributed by atoms with E-state index in [1.807, 2.05) is 0 Å². The molecule has 1 unspecified atom stereocenters. The molecule has 0 aliphatic carbocycles. The fourth-order valence-electron chi connectivity index (χ4n) is 2.46. The number of hydrogen-bond donors (Lipinski definition) is 1. The van der Waals surface area contributed by atoms with Gasteiger partial charge in [-0.05, 0) is 50.1 Å². The maximum absolute atomic E-state index is 14.3. The van der Waals surface area contributed by atoms with Gasteiger partial charge in [0.05, 0.1) is 12.0 Å². The van der Waals surface area contributed by atoms with Crippen molar-refractivity contribution in [3.8, 4) is 0 Å². The van der Waals surface area contributed by atoms with Crippen LogP contribution in [0.3, 0.4) is 0 Å². The monoisotopic (exact) mass is 302 g/mol. The number of aromatic nitrogens is 1. The summed E-state index contributed by atoms with van der Waals surface area (Å²) < 4.78 is 19.5. The number of esters is 1. The van der Waals surface area contributed by atoms with Crippen molar-refractivity contribution < 1.29 is 13.9 Å². The molecule has 0 aliphatic heterocycles. The zero-order valence-corrected chi connectivity index (χ0v) is 12.7. The summed E-state index contributed by atoms with van der Waals surface area (Å²) in [7, 11) is 0. The molecule has 0 saturated heterocycles. The second-order valence-electron chi connectivity index (χ2n) is 5.32. The first-order valence-electron chi connectivity index (χ1n) is 7.09. The van der Waals surface area contributed by atoms with E-state index in [1.54, 1.807) is 50.5 Å². The van der Waals surface area contributed by atoms with Crippen molar-refractivity contribution in [1.82, 2.24) is 4.98 Å². The van der Waals surface area contributed by atoms with Crippen LogP contribution < -0.4 is 5.73 Å². The Bertz CT molecular complexity index is 661. The Morgan fingerprint density at radius 2 is 2.00 bits per heavy atom. The molecule has 116 valence electrons. The van der Waals surface area contributed by atoms with Crippen LogP contribution in [0, 0.1) is 5.82 Å². The normalized spacial score (nSPS) is 13.4. The number of pyridine rings is 1. The molecular weight excluding hydrogens is 283 g/mol. The van der Waals surface area contributed by atoms with Gasteiger partial charge >= 0.3 is 5.97 Å². The van der Waals surface area contributed by atoms with Crippen molar-refractivity contribution in [3.05, 3.63) is 59.7 Å². The van der Waals surface area contributed by atoms with Crippen molar-refractivity contribution in [2.45, 2.75) is 25.7 Å². The smallest absolute Gasteiger partial charge is 0.316 e. The second-order valence-corrected chi connectivity index (χ2v) is 5.32. The van der Waals surface area contributed by atoms with Crippen LogP contribution in [0.15, 0.2) is 42.7 Å². The van der Waals surface area contributed by atoms with E-state index in [-0.39, 0.29) is 12.2 Å². The zero-order valence-electron chi connectivity index (χ0n) is 12.7. The number of anilines is 1. The first-order chi connectivity index (χ1) is 10.5. The molecule has 22 heavy (non-hydrogen) atoms. The average molecular weight is 302 g/mol. The summed E-state index contributed by atoms with van der Waals surface area (Å²) in [6.07, 6.45) is 3.59. The number of nitrogens with zero attached hydrogens (tertiary/aromatic N) is 1. The fraction of sp³-hybridized carbons (Fsp3) is 0.294. The van der Waals surface area contributed by atoms with E-state index in [0.717, 1.165) is 5.56 Å². The molecule has 0 bridgehead atoms. The molecule has 0 amide bonds. The molecule has 2 aromatic rings. The molecule has 1 aromatic carbocycles. The lowest BCUT2D eigenvalue weighted by Crippen LogP contribution is -2.37. The van der Waals surface area contributed by atoms with E-state index >= 15 is 0 Å². The predicted molar refractivity (Wildman–Crippen MR) is 82.7 cm³/mol. The van der Waals surface area contributed by atoms with Crippen molar-refractivity contribution in [2.75, 3.05) is 12.3 Å². The van der Waals surface area contributed by atoms with Gasteiger partial charge in [-0.25, -0.2) is 4.39 Å². The third-order valence-electron chi connectivity index (χ3n) is 3.62.